The van der Waals surface area contributed by atoms with Gasteiger partial charge in [-0.15, -0.1) is 0 Å². The molecule has 122 valence electrons. The molecule has 1 saturated heterocycles. The number of pyridine rings is 1. The standard InChI is InChI=1S/C15H23N3O3S/c1-3-12-4-5-13(16-8-12)9-17-15(19)10-18(2)14-6-7-22(20,21)11-14/h4-5,8,14H,3,6-7,9-11H2,1-2H3,(H,17,19)/t14-/m1/s1. The second-order valence-corrected chi connectivity index (χ2v) is 7.99. The number of hydrogen-bond acceptors (Lipinski definition) is 5. The molecule has 1 aliphatic heterocycles. The van der Waals surface area contributed by atoms with E-state index < -0.39 is 9.84 Å². The number of carbonyl (C=O) groups is 1. The first-order valence-electron chi connectivity index (χ1n) is 7.51. The minimum absolute atomic E-state index is 0.0577. The quantitative estimate of drug-likeness (QED) is 0.818. The van der Waals surface area contributed by atoms with E-state index in [0.29, 0.717) is 13.0 Å². The van der Waals surface area contributed by atoms with E-state index in [1.165, 1.54) is 0 Å². The Balaban J connectivity index is 1.77. The molecule has 6 nitrogen and oxygen atoms in total. The van der Waals surface area contributed by atoms with E-state index in [1.54, 1.807) is 7.05 Å². The van der Waals surface area contributed by atoms with Crippen molar-refractivity contribution in [1.29, 1.82) is 0 Å². The van der Waals surface area contributed by atoms with Crippen molar-refractivity contribution in [3.8, 4) is 0 Å². The van der Waals surface area contributed by atoms with Crippen molar-refractivity contribution in [2.45, 2.75) is 32.4 Å². The third kappa shape index (κ3) is 4.78. The molecule has 0 radical (unpaired) electrons. The lowest BCUT2D eigenvalue weighted by Crippen LogP contribution is -2.41. The number of rotatable bonds is 6. The zero-order valence-electron chi connectivity index (χ0n) is 13.1. The number of sulfone groups is 1. The van der Waals surface area contributed by atoms with Gasteiger partial charge >= 0.3 is 0 Å². The zero-order valence-corrected chi connectivity index (χ0v) is 13.9. The van der Waals surface area contributed by atoms with Crippen LogP contribution in [0, 0.1) is 0 Å². The van der Waals surface area contributed by atoms with Gasteiger partial charge in [0.05, 0.1) is 30.3 Å². The molecule has 1 aromatic heterocycles. The first-order chi connectivity index (χ1) is 10.4. The number of amides is 1. The van der Waals surface area contributed by atoms with Crippen LogP contribution in [0.1, 0.15) is 24.6 Å². The van der Waals surface area contributed by atoms with E-state index in [9.17, 15) is 13.2 Å². The topological polar surface area (TPSA) is 79.4 Å². The molecule has 1 atom stereocenters. The number of nitrogens with zero attached hydrogens (tertiary/aromatic N) is 2. The van der Waals surface area contributed by atoms with Crippen molar-refractivity contribution in [1.82, 2.24) is 15.2 Å². The van der Waals surface area contributed by atoms with Gasteiger partial charge in [-0.2, -0.15) is 0 Å². The highest BCUT2D eigenvalue weighted by molar-refractivity contribution is 7.91. The molecule has 0 aliphatic carbocycles. The monoisotopic (exact) mass is 325 g/mol. The van der Waals surface area contributed by atoms with Gasteiger partial charge in [0.25, 0.3) is 0 Å². The third-order valence-corrected chi connectivity index (χ3v) is 5.74. The molecule has 7 heteroatoms. The van der Waals surface area contributed by atoms with Gasteiger partial charge < -0.3 is 5.32 Å². The number of aromatic nitrogens is 1. The Morgan fingerprint density at radius 1 is 1.45 bits per heavy atom. The van der Waals surface area contributed by atoms with Gasteiger partial charge in [0.1, 0.15) is 0 Å². The first kappa shape index (κ1) is 16.9. The molecule has 1 aliphatic rings. The average molecular weight is 325 g/mol. The molecule has 22 heavy (non-hydrogen) atoms. The van der Waals surface area contributed by atoms with Crippen molar-refractivity contribution >= 4 is 15.7 Å². The summed E-state index contributed by atoms with van der Waals surface area (Å²) in [6.07, 6.45) is 3.36. The number of carbonyl (C=O) groups excluding carboxylic acids is 1. The Hall–Kier alpha value is -1.47. The van der Waals surface area contributed by atoms with Crippen LogP contribution in [-0.4, -0.2) is 55.3 Å². The van der Waals surface area contributed by atoms with Gasteiger partial charge in [-0.05, 0) is 31.5 Å². The molecular weight excluding hydrogens is 302 g/mol. The fraction of sp³-hybridized carbons (Fsp3) is 0.600. The minimum atomic E-state index is -2.92. The lowest BCUT2D eigenvalue weighted by molar-refractivity contribution is -0.122. The van der Waals surface area contributed by atoms with E-state index in [4.69, 9.17) is 0 Å². The lowest BCUT2D eigenvalue weighted by Gasteiger charge is -2.22. The van der Waals surface area contributed by atoms with Crippen molar-refractivity contribution in [3.63, 3.8) is 0 Å². The van der Waals surface area contributed by atoms with Gasteiger partial charge in [0.15, 0.2) is 9.84 Å². The van der Waals surface area contributed by atoms with E-state index in [-0.39, 0.29) is 30.0 Å². The molecular formula is C15H23N3O3S. The third-order valence-electron chi connectivity index (χ3n) is 3.99. The summed E-state index contributed by atoms with van der Waals surface area (Å²) in [5.41, 5.74) is 1.98. The van der Waals surface area contributed by atoms with Crippen molar-refractivity contribution in [3.05, 3.63) is 29.6 Å². The van der Waals surface area contributed by atoms with Crippen LogP contribution < -0.4 is 5.32 Å². The molecule has 1 aromatic rings. The molecule has 0 saturated carbocycles. The molecule has 1 amide bonds. The summed E-state index contributed by atoms with van der Waals surface area (Å²) in [4.78, 5) is 18.0. The van der Waals surface area contributed by atoms with Crippen LogP contribution in [-0.2, 0) is 27.6 Å². The first-order valence-corrected chi connectivity index (χ1v) is 9.33. The van der Waals surface area contributed by atoms with Gasteiger partial charge in [-0.1, -0.05) is 13.0 Å². The maximum atomic E-state index is 11.9. The molecule has 2 heterocycles. The molecule has 1 fully saturated rings. The molecule has 1 N–H and O–H groups in total. The predicted octanol–water partition coefficient (Wildman–Crippen LogP) is 0.379. The zero-order chi connectivity index (χ0) is 16.2. The molecule has 0 aromatic carbocycles. The van der Waals surface area contributed by atoms with E-state index in [1.807, 2.05) is 23.2 Å². The summed E-state index contributed by atoms with van der Waals surface area (Å²) in [7, 11) is -1.13. The van der Waals surface area contributed by atoms with Gasteiger partial charge in [-0.25, -0.2) is 8.42 Å². The molecule has 2 rings (SSSR count). The normalized spacial score (nSPS) is 20.2. The van der Waals surface area contributed by atoms with Crippen LogP contribution in [0.2, 0.25) is 0 Å². The maximum Gasteiger partial charge on any atom is 0.234 e. The predicted molar refractivity (Wildman–Crippen MR) is 85.2 cm³/mol. The summed E-state index contributed by atoms with van der Waals surface area (Å²) < 4.78 is 22.9. The molecule has 0 bridgehead atoms. The second-order valence-electron chi connectivity index (χ2n) is 5.76. The van der Waals surface area contributed by atoms with Crippen LogP contribution in [0.15, 0.2) is 18.3 Å². The van der Waals surface area contributed by atoms with Crippen molar-refractivity contribution in [2.75, 3.05) is 25.1 Å². The largest absolute Gasteiger partial charge is 0.349 e. The Bertz CT molecular complexity index is 613. The van der Waals surface area contributed by atoms with Crippen LogP contribution in [0.5, 0.6) is 0 Å². The van der Waals surface area contributed by atoms with Gasteiger partial charge in [0.2, 0.25) is 5.91 Å². The van der Waals surface area contributed by atoms with Crippen LogP contribution in [0.3, 0.4) is 0 Å². The van der Waals surface area contributed by atoms with Crippen LogP contribution in [0.4, 0.5) is 0 Å². The summed E-state index contributed by atoms with van der Waals surface area (Å²) in [5, 5.41) is 2.82. The highest BCUT2D eigenvalue weighted by Crippen LogP contribution is 2.16. The van der Waals surface area contributed by atoms with E-state index >= 15 is 0 Å². The highest BCUT2D eigenvalue weighted by atomic mass is 32.2. The maximum absolute atomic E-state index is 11.9. The van der Waals surface area contributed by atoms with E-state index in [0.717, 1.165) is 17.7 Å². The summed E-state index contributed by atoms with van der Waals surface area (Å²) in [6.45, 7) is 2.66. The smallest absolute Gasteiger partial charge is 0.234 e. The highest BCUT2D eigenvalue weighted by Gasteiger charge is 2.31. The summed E-state index contributed by atoms with van der Waals surface area (Å²) in [5.74, 6) is 0.252. The number of aryl methyl sites for hydroxylation is 1. The fourth-order valence-corrected chi connectivity index (χ4v) is 4.30. The lowest BCUT2D eigenvalue weighted by atomic mass is 10.2. The number of nitrogens with one attached hydrogen (secondary N) is 1. The fourth-order valence-electron chi connectivity index (χ4n) is 2.49. The Kier molecular flexibility index (Phi) is 5.52. The Morgan fingerprint density at radius 3 is 2.77 bits per heavy atom. The molecule has 0 spiro atoms. The number of hydrogen-bond donors (Lipinski definition) is 1. The van der Waals surface area contributed by atoms with Crippen LogP contribution >= 0.6 is 0 Å². The molecule has 0 unspecified atom stereocenters. The number of likely N-dealkylation sites (N-methyl/N-ethyl adjacent to an activating group) is 1. The summed E-state index contributed by atoms with van der Waals surface area (Å²) >= 11 is 0. The second kappa shape index (κ2) is 7.19. The Morgan fingerprint density at radius 2 is 2.23 bits per heavy atom. The van der Waals surface area contributed by atoms with Crippen LogP contribution in [0.25, 0.3) is 0 Å². The van der Waals surface area contributed by atoms with Gasteiger partial charge in [-0.3, -0.25) is 14.7 Å². The summed E-state index contributed by atoms with van der Waals surface area (Å²) in [6, 6.07) is 3.86. The van der Waals surface area contributed by atoms with Crippen molar-refractivity contribution < 1.29 is 13.2 Å². The minimum Gasteiger partial charge on any atom is -0.349 e. The van der Waals surface area contributed by atoms with Crippen molar-refractivity contribution in [2.24, 2.45) is 0 Å². The van der Waals surface area contributed by atoms with Gasteiger partial charge in [0, 0.05) is 12.2 Å². The Labute approximate surface area is 131 Å². The average Bonchev–Trinajstić information content (AvgIpc) is 2.86. The SMILES string of the molecule is CCc1ccc(CNC(=O)CN(C)[C@@H]2CCS(=O)(=O)C2)nc1. The van der Waals surface area contributed by atoms with E-state index in [2.05, 4.69) is 17.2 Å².